The van der Waals surface area contributed by atoms with Crippen LogP contribution in [0, 0.1) is 0 Å². The zero-order chi connectivity index (χ0) is 18.7. The van der Waals surface area contributed by atoms with Gasteiger partial charge in [-0.1, -0.05) is 6.92 Å². The van der Waals surface area contributed by atoms with E-state index in [1.54, 1.807) is 7.11 Å². The first kappa shape index (κ1) is 18.0. The number of rotatable bonds is 6. The Kier molecular flexibility index (Phi) is 5.27. The SMILES string of the molecule is CCc1sc(NC(=O)c2ccn(C(F)F)n2)nc1-c1ccc(OC)cc1. The maximum absolute atomic E-state index is 12.6. The van der Waals surface area contributed by atoms with Crippen molar-refractivity contribution in [3.05, 3.63) is 47.1 Å². The molecule has 3 rings (SSSR count). The van der Waals surface area contributed by atoms with Gasteiger partial charge in [-0.15, -0.1) is 11.3 Å². The van der Waals surface area contributed by atoms with Crippen molar-refractivity contribution in [2.75, 3.05) is 12.4 Å². The Labute approximate surface area is 152 Å². The van der Waals surface area contributed by atoms with Crippen molar-refractivity contribution < 1.29 is 18.3 Å². The molecule has 0 spiro atoms. The highest BCUT2D eigenvalue weighted by atomic mass is 32.1. The number of ether oxygens (including phenoxy) is 1. The predicted octanol–water partition coefficient (Wildman–Crippen LogP) is 4.23. The molecule has 0 aliphatic heterocycles. The number of thiazole rings is 1. The lowest BCUT2D eigenvalue weighted by Crippen LogP contribution is -2.13. The molecule has 26 heavy (non-hydrogen) atoms. The standard InChI is InChI=1S/C17H16F2N4O2S/c1-3-13-14(10-4-6-11(25-2)7-5-10)20-17(26-13)21-15(24)12-8-9-23(22-12)16(18)19/h4-9,16H,3H2,1-2H3,(H,20,21,24). The molecule has 9 heteroatoms. The first-order valence-electron chi connectivity index (χ1n) is 7.80. The van der Waals surface area contributed by atoms with E-state index in [9.17, 15) is 13.6 Å². The van der Waals surface area contributed by atoms with Crippen molar-refractivity contribution in [1.29, 1.82) is 0 Å². The fourth-order valence-corrected chi connectivity index (χ4v) is 3.27. The van der Waals surface area contributed by atoms with Crippen molar-refractivity contribution in [1.82, 2.24) is 14.8 Å². The van der Waals surface area contributed by atoms with Crippen LogP contribution in [-0.4, -0.2) is 27.8 Å². The Balaban J connectivity index is 1.82. The minimum absolute atomic E-state index is 0.0930. The van der Waals surface area contributed by atoms with Crippen LogP contribution in [-0.2, 0) is 6.42 Å². The third-order valence-electron chi connectivity index (χ3n) is 3.64. The van der Waals surface area contributed by atoms with Gasteiger partial charge >= 0.3 is 6.55 Å². The Hall–Kier alpha value is -2.81. The molecule has 2 aromatic heterocycles. The van der Waals surface area contributed by atoms with E-state index in [-0.39, 0.29) is 5.69 Å². The number of hydrogen-bond donors (Lipinski definition) is 1. The fraction of sp³-hybridized carbons (Fsp3) is 0.235. The average Bonchev–Trinajstić information content (AvgIpc) is 3.29. The second kappa shape index (κ2) is 7.61. The number of aryl methyl sites for hydroxylation is 1. The Morgan fingerprint density at radius 3 is 2.62 bits per heavy atom. The minimum atomic E-state index is -2.79. The van der Waals surface area contributed by atoms with E-state index in [4.69, 9.17) is 4.74 Å². The van der Waals surface area contributed by atoms with Crippen LogP contribution >= 0.6 is 11.3 Å². The molecule has 0 saturated heterocycles. The van der Waals surface area contributed by atoms with E-state index in [0.717, 1.165) is 34.5 Å². The topological polar surface area (TPSA) is 69.0 Å². The van der Waals surface area contributed by atoms with Crippen LogP contribution in [0.2, 0.25) is 0 Å². The molecule has 2 heterocycles. The van der Waals surface area contributed by atoms with Gasteiger partial charge in [-0.3, -0.25) is 10.1 Å². The summed E-state index contributed by atoms with van der Waals surface area (Å²) in [5.74, 6) is 0.159. The van der Waals surface area contributed by atoms with Crippen molar-refractivity contribution in [3.63, 3.8) is 0 Å². The van der Waals surface area contributed by atoms with E-state index < -0.39 is 12.5 Å². The third-order valence-corrected chi connectivity index (χ3v) is 4.76. The molecule has 0 unspecified atom stereocenters. The van der Waals surface area contributed by atoms with Crippen LogP contribution in [0.25, 0.3) is 11.3 Å². The number of nitrogens with one attached hydrogen (secondary N) is 1. The quantitative estimate of drug-likeness (QED) is 0.697. The van der Waals surface area contributed by atoms with Gasteiger partial charge in [-0.05, 0) is 36.8 Å². The second-order valence-corrected chi connectivity index (χ2v) is 6.37. The molecule has 0 aliphatic carbocycles. The van der Waals surface area contributed by atoms with Crippen LogP contribution < -0.4 is 10.1 Å². The van der Waals surface area contributed by atoms with Crippen molar-refractivity contribution in [2.24, 2.45) is 0 Å². The van der Waals surface area contributed by atoms with Crippen molar-refractivity contribution >= 4 is 22.4 Å². The van der Waals surface area contributed by atoms with Gasteiger partial charge in [0.05, 0.1) is 12.8 Å². The average molecular weight is 378 g/mol. The molecule has 0 saturated carbocycles. The van der Waals surface area contributed by atoms with Gasteiger partial charge in [-0.2, -0.15) is 13.9 Å². The van der Waals surface area contributed by atoms with Gasteiger partial charge in [0.25, 0.3) is 5.91 Å². The van der Waals surface area contributed by atoms with Gasteiger partial charge in [0.1, 0.15) is 5.75 Å². The smallest absolute Gasteiger partial charge is 0.333 e. The number of halogens is 2. The number of nitrogens with zero attached hydrogens (tertiary/aromatic N) is 3. The van der Waals surface area contributed by atoms with Gasteiger partial charge < -0.3 is 4.74 Å². The Morgan fingerprint density at radius 2 is 2.04 bits per heavy atom. The number of anilines is 1. The summed E-state index contributed by atoms with van der Waals surface area (Å²) >= 11 is 1.34. The highest BCUT2D eigenvalue weighted by molar-refractivity contribution is 7.16. The highest BCUT2D eigenvalue weighted by Crippen LogP contribution is 2.32. The summed E-state index contributed by atoms with van der Waals surface area (Å²) < 4.78 is 30.7. The molecule has 6 nitrogen and oxygen atoms in total. The molecule has 1 amide bonds. The maximum atomic E-state index is 12.6. The third kappa shape index (κ3) is 3.72. The molecule has 0 bridgehead atoms. The van der Waals surface area contributed by atoms with Crippen LogP contribution in [0.5, 0.6) is 5.75 Å². The monoisotopic (exact) mass is 378 g/mol. The molecule has 136 valence electrons. The summed E-state index contributed by atoms with van der Waals surface area (Å²) in [7, 11) is 1.60. The number of carbonyl (C=O) groups excluding carboxylic acids is 1. The molecular formula is C17H16F2N4O2S. The molecule has 0 aliphatic rings. The molecular weight excluding hydrogens is 362 g/mol. The summed E-state index contributed by atoms with van der Waals surface area (Å²) in [6.07, 6.45) is 1.80. The second-order valence-electron chi connectivity index (χ2n) is 5.29. The highest BCUT2D eigenvalue weighted by Gasteiger charge is 2.17. The normalized spacial score (nSPS) is 11.0. The molecule has 3 aromatic rings. The van der Waals surface area contributed by atoms with Crippen LogP contribution in [0.1, 0.15) is 28.8 Å². The number of alkyl halides is 2. The summed E-state index contributed by atoms with van der Waals surface area (Å²) in [4.78, 5) is 17.7. The Morgan fingerprint density at radius 1 is 1.31 bits per heavy atom. The number of amides is 1. The van der Waals surface area contributed by atoms with E-state index in [0.29, 0.717) is 9.81 Å². The van der Waals surface area contributed by atoms with E-state index >= 15 is 0 Å². The number of hydrogen-bond acceptors (Lipinski definition) is 5. The lowest BCUT2D eigenvalue weighted by molar-refractivity contribution is 0.0561. The zero-order valence-corrected chi connectivity index (χ0v) is 14.9. The maximum Gasteiger partial charge on any atom is 0.333 e. The van der Waals surface area contributed by atoms with Gasteiger partial charge in [-0.25, -0.2) is 9.67 Å². The molecule has 1 N–H and O–H groups in total. The first-order valence-corrected chi connectivity index (χ1v) is 8.62. The molecule has 0 atom stereocenters. The largest absolute Gasteiger partial charge is 0.497 e. The van der Waals surface area contributed by atoms with Crippen molar-refractivity contribution in [2.45, 2.75) is 19.9 Å². The molecule has 1 aromatic carbocycles. The number of benzene rings is 1. The molecule has 0 radical (unpaired) electrons. The lowest BCUT2D eigenvalue weighted by atomic mass is 10.1. The van der Waals surface area contributed by atoms with Gasteiger partial charge in [0.15, 0.2) is 10.8 Å². The summed E-state index contributed by atoms with van der Waals surface area (Å²) in [5.41, 5.74) is 1.58. The van der Waals surface area contributed by atoms with Gasteiger partial charge in [0, 0.05) is 16.6 Å². The van der Waals surface area contributed by atoms with Crippen LogP contribution in [0.3, 0.4) is 0 Å². The lowest BCUT2D eigenvalue weighted by Gasteiger charge is -2.02. The van der Waals surface area contributed by atoms with E-state index in [1.807, 2.05) is 31.2 Å². The summed E-state index contributed by atoms with van der Waals surface area (Å²) in [6, 6.07) is 8.69. The number of methoxy groups -OCH3 is 1. The minimum Gasteiger partial charge on any atom is -0.497 e. The Bertz CT molecular complexity index is 906. The van der Waals surface area contributed by atoms with E-state index in [2.05, 4.69) is 15.4 Å². The van der Waals surface area contributed by atoms with Gasteiger partial charge in [0.2, 0.25) is 0 Å². The summed E-state index contributed by atoms with van der Waals surface area (Å²) in [6.45, 7) is -0.791. The van der Waals surface area contributed by atoms with Crippen LogP contribution in [0.4, 0.5) is 13.9 Å². The van der Waals surface area contributed by atoms with E-state index in [1.165, 1.54) is 17.4 Å². The zero-order valence-electron chi connectivity index (χ0n) is 14.1. The summed E-state index contributed by atoms with van der Waals surface area (Å²) in [5, 5.41) is 6.56. The fourth-order valence-electron chi connectivity index (χ4n) is 2.35. The number of carbonyl (C=O) groups is 1. The van der Waals surface area contributed by atoms with Crippen molar-refractivity contribution in [3.8, 4) is 17.0 Å². The first-order chi connectivity index (χ1) is 12.5. The molecule has 0 fully saturated rings. The number of aromatic nitrogens is 3. The predicted molar refractivity (Wildman–Crippen MR) is 94.9 cm³/mol. The van der Waals surface area contributed by atoms with Crippen LogP contribution in [0.15, 0.2) is 36.5 Å².